The predicted octanol–water partition coefficient (Wildman–Crippen LogP) is 2.02. The number of rotatable bonds is 7. The number of nitrogens with one attached hydrogen (secondary N) is 2. The Bertz CT molecular complexity index is 696. The monoisotopic (exact) mass is 415 g/mol. The maximum atomic E-state index is 12.7. The van der Waals surface area contributed by atoms with Crippen LogP contribution in [-0.4, -0.2) is 52.9 Å². The zero-order valence-electron chi connectivity index (χ0n) is 17.2. The number of carbonyl (C=O) groups is 3. The van der Waals surface area contributed by atoms with Gasteiger partial charge < -0.3 is 25.2 Å². The SMILES string of the molecule is COC(=O)c1csc([C@H](NC(=O)[C@@H](NC(=O)OC(C)(C)C)[C@H](C)O)C(C)C)n1. The number of esters is 1. The summed E-state index contributed by atoms with van der Waals surface area (Å²) < 4.78 is 9.79. The number of hydrogen-bond donors (Lipinski definition) is 3. The molecular formula is C18H29N3O6S. The fourth-order valence-electron chi connectivity index (χ4n) is 2.23. The lowest BCUT2D eigenvalue weighted by Crippen LogP contribution is -2.54. The summed E-state index contributed by atoms with van der Waals surface area (Å²) in [5, 5.41) is 17.2. The second-order valence-electron chi connectivity index (χ2n) is 7.66. The Morgan fingerprint density at radius 2 is 1.79 bits per heavy atom. The van der Waals surface area contributed by atoms with Gasteiger partial charge in [-0.05, 0) is 33.6 Å². The summed E-state index contributed by atoms with van der Waals surface area (Å²) in [6.45, 7) is 10.2. The van der Waals surface area contributed by atoms with Crippen LogP contribution in [0.3, 0.4) is 0 Å². The second kappa shape index (κ2) is 9.83. The van der Waals surface area contributed by atoms with Crippen molar-refractivity contribution in [1.82, 2.24) is 15.6 Å². The third-order valence-corrected chi connectivity index (χ3v) is 4.51. The van der Waals surface area contributed by atoms with Crippen molar-refractivity contribution in [1.29, 1.82) is 0 Å². The highest BCUT2D eigenvalue weighted by Gasteiger charge is 2.31. The number of aliphatic hydroxyl groups excluding tert-OH is 1. The van der Waals surface area contributed by atoms with Crippen LogP contribution in [0.15, 0.2) is 5.38 Å². The maximum absolute atomic E-state index is 12.7. The van der Waals surface area contributed by atoms with Crippen molar-refractivity contribution in [2.75, 3.05) is 7.11 Å². The van der Waals surface area contributed by atoms with Gasteiger partial charge in [-0.15, -0.1) is 11.3 Å². The smallest absolute Gasteiger partial charge is 0.408 e. The lowest BCUT2D eigenvalue weighted by molar-refractivity contribution is -0.126. The van der Waals surface area contributed by atoms with Gasteiger partial charge in [-0.3, -0.25) is 4.79 Å². The van der Waals surface area contributed by atoms with Crippen LogP contribution >= 0.6 is 11.3 Å². The number of nitrogens with zero attached hydrogens (tertiary/aromatic N) is 1. The Balaban J connectivity index is 2.94. The third-order valence-electron chi connectivity index (χ3n) is 3.58. The van der Waals surface area contributed by atoms with Gasteiger partial charge in [0, 0.05) is 5.38 Å². The molecule has 0 unspecified atom stereocenters. The van der Waals surface area contributed by atoms with Crippen molar-refractivity contribution in [2.24, 2.45) is 5.92 Å². The lowest BCUT2D eigenvalue weighted by atomic mass is 10.0. The van der Waals surface area contributed by atoms with E-state index in [0.29, 0.717) is 5.01 Å². The van der Waals surface area contributed by atoms with Crippen LogP contribution in [0.2, 0.25) is 0 Å². The molecule has 1 aromatic heterocycles. The van der Waals surface area contributed by atoms with Crippen molar-refractivity contribution in [3.8, 4) is 0 Å². The number of hydrogen-bond acceptors (Lipinski definition) is 8. The molecule has 158 valence electrons. The van der Waals surface area contributed by atoms with E-state index in [1.807, 2.05) is 13.8 Å². The predicted molar refractivity (Wildman–Crippen MR) is 104 cm³/mol. The van der Waals surface area contributed by atoms with Gasteiger partial charge in [0.1, 0.15) is 16.7 Å². The van der Waals surface area contributed by atoms with E-state index in [1.165, 1.54) is 25.4 Å². The molecule has 0 saturated heterocycles. The molecule has 0 saturated carbocycles. The minimum atomic E-state index is -1.21. The Kier molecular flexibility index (Phi) is 8.37. The number of ether oxygens (including phenoxy) is 2. The number of aromatic nitrogens is 1. The minimum absolute atomic E-state index is 0.0585. The molecular weight excluding hydrogens is 386 g/mol. The van der Waals surface area contributed by atoms with Crippen LogP contribution in [0, 0.1) is 5.92 Å². The Morgan fingerprint density at radius 1 is 1.18 bits per heavy atom. The Labute approximate surface area is 168 Å². The molecule has 2 amide bonds. The molecule has 0 aliphatic rings. The van der Waals surface area contributed by atoms with Gasteiger partial charge in [0.2, 0.25) is 5.91 Å². The zero-order valence-corrected chi connectivity index (χ0v) is 18.0. The molecule has 0 spiro atoms. The highest BCUT2D eigenvalue weighted by atomic mass is 32.1. The number of aliphatic hydroxyl groups is 1. The molecule has 3 atom stereocenters. The summed E-state index contributed by atoms with van der Waals surface area (Å²) in [6, 6.07) is -1.73. The van der Waals surface area contributed by atoms with Crippen LogP contribution in [-0.2, 0) is 14.3 Å². The Hall–Kier alpha value is -2.20. The van der Waals surface area contributed by atoms with E-state index in [-0.39, 0.29) is 11.6 Å². The first kappa shape index (κ1) is 23.8. The lowest BCUT2D eigenvalue weighted by Gasteiger charge is -2.27. The van der Waals surface area contributed by atoms with E-state index < -0.39 is 41.8 Å². The quantitative estimate of drug-likeness (QED) is 0.581. The molecule has 0 bridgehead atoms. The van der Waals surface area contributed by atoms with Crippen molar-refractivity contribution in [2.45, 2.75) is 65.3 Å². The first-order valence-corrected chi connectivity index (χ1v) is 9.75. The molecule has 10 heteroatoms. The van der Waals surface area contributed by atoms with E-state index >= 15 is 0 Å². The number of amides is 2. The average molecular weight is 416 g/mol. The zero-order chi connectivity index (χ0) is 21.6. The molecule has 0 aromatic carbocycles. The largest absolute Gasteiger partial charge is 0.464 e. The highest BCUT2D eigenvalue weighted by Crippen LogP contribution is 2.25. The van der Waals surface area contributed by atoms with Crippen molar-refractivity contribution in [3.05, 3.63) is 16.1 Å². The number of carbonyl (C=O) groups excluding carboxylic acids is 3. The fourth-order valence-corrected chi connectivity index (χ4v) is 3.24. The van der Waals surface area contributed by atoms with Gasteiger partial charge in [0.05, 0.1) is 19.3 Å². The molecule has 3 N–H and O–H groups in total. The van der Waals surface area contributed by atoms with Crippen LogP contribution in [0.25, 0.3) is 0 Å². The highest BCUT2D eigenvalue weighted by molar-refractivity contribution is 7.09. The molecule has 9 nitrogen and oxygen atoms in total. The molecule has 28 heavy (non-hydrogen) atoms. The van der Waals surface area contributed by atoms with Crippen LogP contribution in [0.1, 0.15) is 63.1 Å². The topological polar surface area (TPSA) is 127 Å². The molecule has 1 aromatic rings. The summed E-state index contributed by atoms with van der Waals surface area (Å²) in [5.74, 6) is -1.21. The van der Waals surface area contributed by atoms with E-state index in [2.05, 4.69) is 20.4 Å². The van der Waals surface area contributed by atoms with Crippen LogP contribution < -0.4 is 10.6 Å². The summed E-state index contributed by atoms with van der Waals surface area (Å²) >= 11 is 1.21. The van der Waals surface area contributed by atoms with E-state index in [1.54, 1.807) is 26.2 Å². The van der Waals surface area contributed by atoms with Gasteiger partial charge in [-0.25, -0.2) is 14.6 Å². The molecule has 0 radical (unpaired) electrons. The number of methoxy groups -OCH3 is 1. The Morgan fingerprint density at radius 3 is 2.25 bits per heavy atom. The van der Waals surface area contributed by atoms with Gasteiger partial charge in [-0.2, -0.15) is 0 Å². The van der Waals surface area contributed by atoms with E-state index in [0.717, 1.165) is 0 Å². The van der Waals surface area contributed by atoms with E-state index in [4.69, 9.17) is 4.74 Å². The van der Waals surface area contributed by atoms with Gasteiger partial charge in [0.25, 0.3) is 0 Å². The maximum Gasteiger partial charge on any atom is 0.408 e. The van der Waals surface area contributed by atoms with Crippen LogP contribution in [0.5, 0.6) is 0 Å². The van der Waals surface area contributed by atoms with E-state index in [9.17, 15) is 19.5 Å². The van der Waals surface area contributed by atoms with Gasteiger partial charge in [0.15, 0.2) is 5.69 Å². The number of thiazole rings is 1. The first-order valence-electron chi connectivity index (χ1n) is 8.87. The standard InChI is InChI=1S/C18H29N3O6S/c1-9(2)12(15-19-11(8-28-15)16(24)26-7)20-14(23)13(10(3)22)21-17(25)27-18(4,5)6/h8-10,12-13,22H,1-7H3,(H,20,23)(H,21,25)/t10-,12+,13-/m0/s1. The molecule has 1 rings (SSSR count). The normalized spacial score (nSPS) is 14.8. The molecule has 0 fully saturated rings. The summed E-state index contributed by atoms with van der Waals surface area (Å²) in [6.07, 6.45) is -1.96. The molecule has 0 aliphatic carbocycles. The van der Waals surface area contributed by atoms with Crippen molar-refractivity contribution < 1.29 is 29.0 Å². The summed E-state index contributed by atoms with van der Waals surface area (Å²) in [7, 11) is 1.26. The third kappa shape index (κ3) is 7.08. The van der Waals surface area contributed by atoms with Crippen molar-refractivity contribution >= 4 is 29.3 Å². The molecule has 0 aliphatic heterocycles. The average Bonchev–Trinajstić information content (AvgIpc) is 3.04. The first-order chi connectivity index (χ1) is 12.9. The van der Waals surface area contributed by atoms with Gasteiger partial charge >= 0.3 is 12.1 Å². The molecule has 1 heterocycles. The minimum Gasteiger partial charge on any atom is -0.464 e. The van der Waals surface area contributed by atoms with Gasteiger partial charge in [-0.1, -0.05) is 13.8 Å². The summed E-state index contributed by atoms with van der Waals surface area (Å²) in [4.78, 5) is 40.5. The van der Waals surface area contributed by atoms with Crippen LogP contribution in [0.4, 0.5) is 4.79 Å². The second-order valence-corrected chi connectivity index (χ2v) is 8.55. The summed E-state index contributed by atoms with van der Waals surface area (Å²) in [5.41, 5.74) is -0.587. The fraction of sp³-hybridized carbons (Fsp3) is 0.667. The van der Waals surface area contributed by atoms with Crippen molar-refractivity contribution in [3.63, 3.8) is 0 Å². The number of alkyl carbamates (subject to hydrolysis) is 1.